The maximum Gasteiger partial charge on any atom is 0.161 e. The zero-order valence-electron chi connectivity index (χ0n) is 17.3. The number of nitrogens with zero attached hydrogens (tertiary/aromatic N) is 5. The van der Waals surface area contributed by atoms with Gasteiger partial charge in [-0.25, -0.2) is 9.97 Å². The summed E-state index contributed by atoms with van der Waals surface area (Å²) in [5.41, 5.74) is 3.47. The van der Waals surface area contributed by atoms with Gasteiger partial charge in [-0.2, -0.15) is 0 Å². The van der Waals surface area contributed by atoms with Crippen LogP contribution in [0.3, 0.4) is 0 Å². The van der Waals surface area contributed by atoms with Crippen molar-refractivity contribution in [1.82, 2.24) is 14.9 Å². The average Bonchev–Trinajstić information content (AvgIpc) is 3.16. The Balaban J connectivity index is 0.00000109. The number of aldehydes is 1. The first kappa shape index (κ1) is 20.3. The number of carbonyl (C=O) groups is 1. The first-order valence-electron chi connectivity index (χ1n) is 10.3. The Morgan fingerprint density at radius 2 is 1.75 bits per heavy atom. The fourth-order valence-corrected chi connectivity index (χ4v) is 3.66. The molecule has 0 saturated carbocycles. The molecule has 28 heavy (non-hydrogen) atoms. The van der Waals surface area contributed by atoms with Gasteiger partial charge in [-0.3, -0.25) is 0 Å². The number of aromatic nitrogens is 2. The molecule has 0 atom stereocenters. The van der Waals surface area contributed by atoms with Crippen LogP contribution in [0.15, 0.2) is 30.5 Å². The number of carbonyl (C=O) groups excluding carboxylic acids is 1. The third kappa shape index (κ3) is 4.50. The molecule has 0 N–H and O–H groups in total. The standard InChI is InChI=1S/C20H25N5O.C2H6/c1-23-10-12-24(13-11-23)18-5-3-16(4-6-18)19-21-15-17-7-9-25(8-2-14-26)20(17)22-19;1-2/h3-6,14-15H,2,7-13H2,1H3;1-2H3. The Kier molecular flexibility index (Phi) is 6.98. The highest BCUT2D eigenvalue weighted by atomic mass is 16.1. The number of hydrogen-bond donors (Lipinski definition) is 0. The molecule has 3 heterocycles. The van der Waals surface area contributed by atoms with Crippen LogP contribution < -0.4 is 9.80 Å². The molecule has 2 aliphatic heterocycles. The lowest BCUT2D eigenvalue weighted by Crippen LogP contribution is -2.44. The molecular formula is C22H31N5O. The van der Waals surface area contributed by atoms with Crippen molar-refractivity contribution in [3.05, 3.63) is 36.0 Å². The van der Waals surface area contributed by atoms with E-state index in [4.69, 9.17) is 4.98 Å². The van der Waals surface area contributed by atoms with Gasteiger partial charge in [-0.05, 0) is 37.7 Å². The minimum Gasteiger partial charge on any atom is -0.369 e. The van der Waals surface area contributed by atoms with Gasteiger partial charge in [0.1, 0.15) is 12.1 Å². The Morgan fingerprint density at radius 1 is 1.04 bits per heavy atom. The maximum absolute atomic E-state index is 10.7. The van der Waals surface area contributed by atoms with E-state index in [1.807, 2.05) is 20.0 Å². The van der Waals surface area contributed by atoms with Crippen molar-refractivity contribution >= 4 is 17.8 Å². The Bertz CT molecular complexity index is 769. The number of piperazine rings is 1. The maximum atomic E-state index is 10.7. The molecule has 0 spiro atoms. The van der Waals surface area contributed by atoms with Gasteiger partial charge >= 0.3 is 0 Å². The molecule has 2 aromatic rings. The lowest BCUT2D eigenvalue weighted by molar-refractivity contribution is -0.107. The van der Waals surface area contributed by atoms with Crippen LogP contribution in [0, 0.1) is 0 Å². The molecule has 1 saturated heterocycles. The van der Waals surface area contributed by atoms with Gasteiger partial charge in [-0.15, -0.1) is 0 Å². The van der Waals surface area contributed by atoms with Crippen LogP contribution in [0.25, 0.3) is 11.4 Å². The number of hydrogen-bond acceptors (Lipinski definition) is 6. The summed E-state index contributed by atoms with van der Waals surface area (Å²) in [5.74, 6) is 1.74. The molecule has 6 heteroatoms. The predicted molar refractivity (Wildman–Crippen MR) is 115 cm³/mol. The monoisotopic (exact) mass is 381 g/mol. The van der Waals surface area contributed by atoms with Crippen LogP contribution in [0.5, 0.6) is 0 Å². The molecule has 4 rings (SSSR count). The van der Waals surface area contributed by atoms with Crippen LogP contribution in [0.1, 0.15) is 25.8 Å². The van der Waals surface area contributed by atoms with Gasteiger partial charge in [0.15, 0.2) is 5.82 Å². The molecule has 1 aromatic heterocycles. The van der Waals surface area contributed by atoms with Gasteiger partial charge in [0.05, 0.1) is 0 Å². The summed E-state index contributed by atoms with van der Waals surface area (Å²) < 4.78 is 0. The van der Waals surface area contributed by atoms with E-state index < -0.39 is 0 Å². The van der Waals surface area contributed by atoms with E-state index in [0.717, 1.165) is 69.2 Å². The number of rotatable bonds is 5. The van der Waals surface area contributed by atoms with Crippen LogP contribution in [0.4, 0.5) is 11.5 Å². The largest absolute Gasteiger partial charge is 0.369 e. The number of benzene rings is 1. The van der Waals surface area contributed by atoms with E-state index in [2.05, 4.69) is 51.0 Å². The topological polar surface area (TPSA) is 52.6 Å². The van der Waals surface area contributed by atoms with Crippen LogP contribution in [0.2, 0.25) is 0 Å². The highest BCUT2D eigenvalue weighted by molar-refractivity contribution is 5.64. The summed E-state index contributed by atoms with van der Waals surface area (Å²) in [6, 6.07) is 8.56. The fourth-order valence-electron chi connectivity index (χ4n) is 3.66. The van der Waals surface area contributed by atoms with E-state index in [-0.39, 0.29) is 0 Å². The second-order valence-electron chi connectivity index (χ2n) is 7.07. The third-order valence-corrected chi connectivity index (χ3v) is 5.30. The van der Waals surface area contributed by atoms with Crippen molar-refractivity contribution < 1.29 is 4.79 Å². The molecule has 150 valence electrons. The van der Waals surface area contributed by atoms with Crippen molar-refractivity contribution in [1.29, 1.82) is 0 Å². The quantitative estimate of drug-likeness (QED) is 0.743. The van der Waals surface area contributed by atoms with Gasteiger partial charge in [0.25, 0.3) is 0 Å². The fraction of sp³-hybridized carbons (Fsp3) is 0.500. The SMILES string of the molecule is CC.CN1CCN(c2ccc(-c3ncc4c(n3)N(CCC=O)CC4)cc2)CC1. The lowest BCUT2D eigenvalue weighted by Gasteiger charge is -2.34. The molecule has 1 aromatic carbocycles. The summed E-state index contributed by atoms with van der Waals surface area (Å²) in [5, 5.41) is 0. The van der Waals surface area contributed by atoms with Gasteiger partial charge in [0.2, 0.25) is 0 Å². The van der Waals surface area contributed by atoms with Crippen molar-refractivity contribution in [2.24, 2.45) is 0 Å². The first-order valence-corrected chi connectivity index (χ1v) is 10.3. The molecule has 1 fully saturated rings. The van der Waals surface area contributed by atoms with Crippen LogP contribution in [-0.2, 0) is 11.2 Å². The number of fused-ring (bicyclic) bond motifs is 1. The number of likely N-dealkylation sites (N-methyl/N-ethyl adjacent to an activating group) is 1. The molecule has 0 amide bonds. The first-order chi connectivity index (χ1) is 13.7. The lowest BCUT2D eigenvalue weighted by atomic mass is 10.1. The minimum absolute atomic E-state index is 0.540. The molecule has 2 aliphatic rings. The smallest absolute Gasteiger partial charge is 0.161 e. The Labute approximate surface area is 168 Å². The van der Waals surface area contributed by atoms with Crippen LogP contribution >= 0.6 is 0 Å². The second-order valence-corrected chi connectivity index (χ2v) is 7.07. The highest BCUT2D eigenvalue weighted by Gasteiger charge is 2.21. The van der Waals surface area contributed by atoms with E-state index in [1.54, 1.807) is 0 Å². The molecule has 6 nitrogen and oxygen atoms in total. The summed E-state index contributed by atoms with van der Waals surface area (Å²) in [7, 11) is 2.17. The van der Waals surface area contributed by atoms with Gasteiger partial charge < -0.3 is 19.5 Å². The molecular weight excluding hydrogens is 350 g/mol. The molecule has 0 bridgehead atoms. The van der Waals surface area contributed by atoms with E-state index in [0.29, 0.717) is 6.42 Å². The molecule has 0 aliphatic carbocycles. The van der Waals surface area contributed by atoms with Crippen molar-refractivity contribution in [3.8, 4) is 11.4 Å². The zero-order chi connectivity index (χ0) is 19.9. The normalized spacial score (nSPS) is 16.4. The van der Waals surface area contributed by atoms with Crippen molar-refractivity contribution in [3.63, 3.8) is 0 Å². The average molecular weight is 382 g/mol. The van der Waals surface area contributed by atoms with Gasteiger partial charge in [0, 0.05) is 68.7 Å². The summed E-state index contributed by atoms with van der Waals surface area (Å²) >= 11 is 0. The Hall–Kier alpha value is -2.47. The van der Waals surface area contributed by atoms with E-state index in [9.17, 15) is 4.79 Å². The summed E-state index contributed by atoms with van der Waals surface area (Å²) in [4.78, 5) is 27.0. The molecule has 0 unspecified atom stereocenters. The van der Waals surface area contributed by atoms with Crippen molar-refractivity contribution in [2.45, 2.75) is 26.7 Å². The van der Waals surface area contributed by atoms with E-state index in [1.165, 1.54) is 11.3 Å². The Morgan fingerprint density at radius 3 is 2.43 bits per heavy atom. The predicted octanol–water partition coefficient (Wildman–Crippen LogP) is 2.87. The summed E-state index contributed by atoms with van der Waals surface area (Å²) in [6.45, 7) is 9.99. The van der Waals surface area contributed by atoms with E-state index >= 15 is 0 Å². The number of anilines is 2. The highest BCUT2D eigenvalue weighted by Crippen LogP contribution is 2.28. The minimum atomic E-state index is 0.540. The van der Waals surface area contributed by atoms with Gasteiger partial charge in [-0.1, -0.05) is 13.8 Å². The third-order valence-electron chi connectivity index (χ3n) is 5.30. The molecule has 0 radical (unpaired) electrons. The van der Waals surface area contributed by atoms with Crippen molar-refractivity contribution in [2.75, 3.05) is 56.1 Å². The van der Waals surface area contributed by atoms with Crippen LogP contribution in [-0.4, -0.2) is 67.5 Å². The zero-order valence-corrected chi connectivity index (χ0v) is 17.3. The second kappa shape index (κ2) is 9.64. The summed E-state index contributed by atoms with van der Waals surface area (Å²) in [6.07, 6.45) is 4.40.